The van der Waals surface area contributed by atoms with Gasteiger partial charge in [0, 0.05) is 10.9 Å². The van der Waals surface area contributed by atoms with Gasteiger partial charge in [0.1, 0.15) is 5.75 Å². The summed E-state index contributed by atoms with van der Waals surface area (Å²) in [5.74, 6) is 0.208. The molecule has 0 unspecified atom stereocenters. The summed E-state index contributed by atoms with van der Waals surface area (Å²) in [4.78, 5) is 12.7. The molecule has 3 aromatic carbocycles. The lowest BCUT2D eigenvalue weighted by Gasteiger charge is -2.13. The summed E-state index contributed by atoms with van der Waals surface area (Å²) >= 11 is 8.70. The topological polar surface area (TPSA) is 50.4 Å². The van der Waals surface area contributed by atoms with Crippen LogP contribution in [-0.4, -0.2) is 17.6 Å². The van der Waals surface area contributed by atoms with E-state index in [1.165, 1.54) is 5.56 Å². The highest BCUT2D eigenvalue weighted by molar-refractivity contribution is 9.10. The summed E-state index contributed by atoms with van der Waals surface area (Å²) in [6, 6.07) is 24.7. The van der Waals surface area contributed by atoms with Gasteiger partial charge >= 0.3 is 0 Å². The minimum absolute atomic E-state index is 0.219. The number of carbonyl (C=O) groups is 1. The van der Waals surface area contributed by atoms with Gasteiger partial charge in [-0.25, -0.2) is 0 Å². The molecule has 0 radical (unpaired) electrons. The fourth-order valence-electron chi connectivity index (χ4n) is 2.59. The van der Waals surface area contributed by atoms with Crippen molar-refractivity contribution in [3.05, 3.63) is 94.5 Å². The number of benzene rings is 3. The van der Waals surface area contributed by atoms with Crippen molar-refractivity contribution in [2.45, 2.75) is 6.42 Å². The molecule has 3 aromatic rings. The Bertz CT molecular complexity index is 964. The summed E-state index contributed by atoms with van der Waals surface area (Å²) in [6.45, 7) is 0.480. The van der Waals surface area contributed by atoms with Gasteiger partial charge in [-0.1, -0.05) is 54.6 Å². The van der Waals surface area contributed by atoms with Crippen LogP contribution in [0.5, 0.6) is 5.75 Å². The van der Waals surface area contributed by atoms with E-state index in [-0.39, 0.29) is 11.0 Å². The zero-order valence-electron chi connectivity index (χ0n) is 15.0. The van der Waals surface area contributed by atoms with Crippen LogP contribution in [0.1, 0.15) is 15.9 Å². The molecule has 6 heteroatoms. The molecule has 28 heavy (non-hydrogen) atoms. The van der Waals surface area contributed by atoms with Crippen molar-refractivity contribution >= 4 is 44.9 Å². The van der Waals surface area contributed by atoms with Crippen LogP contribution in [0.25, 0.3) is 0 Å². The molecule has 4 nitrogen and oxygen atoms in total. The smallest absolute Gasteiger partial charge is 0.261 e. The maximum absolute atomic E-state index is 12.7. The molecule has 0 spiro atoms. The van der Waals surface area contributed by atoms with Crippen LogP contribution in [-0.2, 0) is 6.42 Å². The van der Waals surface area contributed by atoms with Crippen molar-refractivity contribution < 1.29 is 9.53 Å². The molecule has 0 saturated heterocycles. The van der Waals surface area contributed by atoms with Crippen LogP contribution in [0.15, 0.2) is 83.3 Å². The first-order valence-corrected chi connectivity index (χ1v) is 9.96. The summed E-state index contributed by atoms with van der Waals surface area (Å²) in [5.41, 5.74) is 2.40. The molecule has 0 atom stereocenters. The number of para-hydroxylation sites is 2. The predicted octanol–water partition coefficient (Wildman–Crippen LogP) is 5.20. The highest BCUT2D eigenvalue weighted by Gasteiger charge is 2.14. The van der Waals surface area contributed by atoms with E-state index in [0.717, 1.165) is 16.6 Å². The molecule has 0 saturated carbocycles. The molecule has 3 rings (SSSR count). The Morgan fingerprint density at radius 3 is 2.39 bits per heavy atom. The van der Waals surface area contributed by atoms with Crippen LogP contribution in [0, 0.1) is 0 Å². The van der Waals surface area contributed by atoms with Crippen LogP contribution >= 0.6 is 28.1 Å². The second kappa shape index (κ2) is 10.0. The number of amides is 1. The van der Waals surface area contributed by atoms with E-state index < -0.39 is 0 Å². The maximum atomic E-state index is 12.7. The average molecular weight is 455 g/mol. The molecule has 0 bridgehead atoms. The fourth-order valence-corrected chi connectivity index (χ4v) is 3.18. The second-order valence-electron chi connectivity index (χ2n) is 5.97. The fraction of sp³-hybridized carbons (Fsp3) is 0.0909. The van der Waals surface area contributed by atoms with Crippen molar-refractivity contribution in [2.24, 2.45) is 0 Å². The number of hydrogen-bond donors (Lipinski definition) is 2. The number of halogens is 1. The van der Waals surface area contributed by atoms with Gasteiger partial charge < -0.3 is 10.1 Å². The molecule has 0 heterocycles. The van der Waals surface area contributed by atoms with Gasteiger partial charge in [-0.15, -0.1) is 0 Å². The van der Waals surface area contributed by atoms with Crippen molar-refractivity contribution in [3.8, 4) is 5.75 Å². The summed E-state index contributed by atoms with van der Waals surface area (Å²) in [7, 11) is 0. The lowest BCUT2D eigenvalue weighted by molar-refractivity contribution is 0.0974. The van der Waals surface area contributed by atoms with Gasteiger partial charge in [-0.2, -0.15) is 0 Å². The SMILES string of the molecule is O=C(NC(=S)Nc1ccccc1Br)c1ccccc1OCCc1ccccc1. The second-order valence-corrected chi connectivity index (χ2v) is 7.23. The predicted molar refractivity (Wildman–Crippen MR) is 120 cm³/mol. The zero-order valence-corrected chi connectivity index (χ0v) is 17.4. The molecule has 1 amide bonds. The lowest BCUT2D eigenvalue weighted by Crippen LogP contribution is -2.34. The molecule has 0 aliphatic heterocycles. The van der Waals surface area contributed by atoms with Crippen LogP contribution < -0.4 is 15.4 Å². The van der Waals surface area contributed by atoms with Crippen molar-refractivity contribution in [1.29, 1.82) is 0 Å². The number of hydrogen-bond acceptors (Lipinski definition) is 3. The number of anilines is 1. The molecule has 0 aliphatic carbocycles. The van der Waals surface area contributed by atoms with E-state index in [0.29, 0.717) is 17.9 Å². The minimum atomic E-state index is -0.320. The minimum Gasteiger partial charge on any atom is -0.492 e. The van der Waals surface area contributed by atoms with Crippen molar-refractivity contribution in [3.63, 3.8) is 0 Å². The first-order chi connectivity index (χ1) is 13.6. The van der Waals surface area contributed by atoms with Crippen LogP contribution in [0.2, 0.25) is 0 Å². The maximum Gasteiger partial charge on any atom is 0.261 e. The number of thiocarbonyl (C=S) groups is 1. The third kappa shape index (κ3) is 5.65. The molecule has 142 valence electrons. The van der Waals surface area contributed by atoms with Gasteiger partial charge in [-0.05, 0) is 58.0 Å². The quantitative estimate of drug-likeness (QED) is 0.502. The number of nitrogens with one attached hydrogen (secondary N) is 2. The lowest BCUT2D eigenvalue weighted by atomic mass is 10.1. The third-order valence-electron chi connectivity index (χ3n) is 3.97. The van der Waals surface area contributed by atoms with Crippen molar-refractivity contribution in [2.75, 3.05) is 11.9 Å². The zero-order chi connectivity index (χ0) is 19.8. The normalized spacial score (nSPS) is 10.2. The van der Waals surface area contributed by atoms with Crippen LogP contribution in [0.4, 0.5) is 5.69 Å². The Balaban J connectivity index is 1.60. The van der Waals surface area contributed by atoms with E-state index in [2.05, 4.69) is 26.6 Å². The van der Waals surface area contributed by atoms with E-state index in [9.17, 15) is 4.79 Å². The van der Waals surface area contributed by atoms with Gasteiger partial charge in [0.25, 0.3) is 5.91 Å². The molecule has 0 fully saturated rings. The van der Waals surface area contributed by atoms with Crippen molar-refractivity contribution in [1.82, 2.24) is 5.32 Å². The molecular formula is C22H19BrN2O2S. The van der Waals surface area contributed by atoms with E-state index in [4.69, 9.17) is 17.0 Å². The third-order valence-corrected chi connectivity index (χ3v) is 4.87. The number of carbonyl (C=O) groups excluding carboxylic acids is 1. The van der Waals surface area contributed by atoms with Gasteiger partial charge in [0.05, 0.1) is 17.9 Å². The van der Waals surface area contributed by atoms with E-state index in [1.54, 1.807) is 18.2 Å². The van der Waals surface area contributed by atoms with E-state index >= 15 is 0 Å². The highest BCUT2D eigenvalue weighted by Crippen LogP contribution is 2.21. The molecule has 2 N–H and O–H groups in total. The molecular weight excluding hydrogens is 436 g/mol. The van der Waals surface area contributed by atoms with Gasteiger partial charge in [-0.3, -0.25) is 10.1 Å². The Kier molecular flexibility index (Phi) is 7.17. The molecule has 0 aromatic heterocycles. The Hall–Kier alpha value is -2.70. The highest BCUT2D eigenvalue weighted by atomic mass is 79.9. The first-order valence-electron chi connectivity index (χ1n) is 8.76. The summed E-state index contributed by atoms with van der Waals surface area (Å²) in [5, 5.41) is 5.93. The Labute approximate surface area is 178 Å². The Morgan fingerprint density at radius 2 is 1.61 bits per heavy atom. The van der Waals surface area contributed by atoms with E-state index in [1.807, 2.05) is 60.7 Å². The average Bonchev–Trinajstić information content (AvgIpc) is 2.71. The van der Waals surface area contributed by atoms with Gasteiger partial charge in [0.2, 0.25) is 0 Å². The number of rotatable bonds is 6. The molecule has 0 aliphatic rings. The Morgan fingerprint density at radius 1 is 0.929 bits per heavy atom. The largest absolute Gasteiger partial charge is 0.492 e. The summed E-state index contributed by atoms with van der Waals surface area (Å²) in [6.07, 6.45) is 0.763. The van der Waals surface area contributed by atoms with Crippen LogP contribution in [0.3, 0.4) is 0 Å². The first kappa shape index (κ1) is 20.0. The standard InChI is InChI=1S/C22H19BrN2O2S/c23-18-11-5-6-12-19(18)24-22(28)25-21(26)17-10-4-7-13-20(17)27-15-14-16-8-2-1-3-9-16/h1-13H,14-15H2,(H2,24,25,26,28). The summed E-state index contributed by atoms with van der Waals surface area (Å²) < 4.78 is 6.71. The van der Waals surface area contributed by atoms with Gasteiger partial charge in [0.15, 0.2) is 5.11 Å². The monoisotopic (exact) mass is 454 g/mol. The number of ether oxygens (including phenoxy) is 1.